The molecule has 1 aliphatic heterocycles. The monoisotopic (exact) mass is 346 g/mol. The molecule has 1 saturated heterocycles. The minimum absolute atomic E-state index is 0.131. The molecule has 1 aliphatic rings. The van der Waals surface area contributed by atoms with Crippen molar-refractivity contribution in [2.45, 2.75) is 52.9 Å². The van der Waals surface area contributed by atoms with Gasteiger partial charge in [0.05, 0.1) is 5.75 Å². The molecule has 1 heterocycles. The van der Waals surface area contributed by atoms with E-state index in [-0.39, 0.29) is 5.75 Å². The van der Waals surface area contributed by atoms with Crippen molar-refractivity contribution < 1.29 is 8.42 Å². The molecule has 0 aliphatic carbocycles. The van der Waals surface area contributed by atoms with Crippen molar-refractivity contribution in [2.24, 2.45) is 10.4 Å². The van der Waals surface area contributed by atoms with E-state index in [1.165, 1.54) is 25.7 Å². The zero-order valence-electron chi connectivity index (χ0n) is 15.2. The van der Waals surface area contributed by atoms with Crippen LogP contribution >= 0.6 is 0 Å². The van der Waals surface area contributed by atoms with Gasteiger partial charge < -0.3 is 10.2 Å². The average Bonchev–Trinajstić information content (AvgIpc) is 2.50. The van der Waals surface area contributed by atoms with Crippen molar-refractivity contribution in [3.8, 4) is 0 Å². The van der Waals surface area contributed by atoms with Gasteiger partial charge in [-0.25, -0.2) is 13.1 Å². The Labute approximate surface area is 142 Å². The fourth-order valence-corrected chi connectivity index (χ4v) is 3.91. The molecule has 1 rings (SSSR count). The Hall–Kier alpha value is -0.820. The summed E-state index contributed by atoms with van der Waals surface area (Å²) in [5, 5.41) is 3.36. The topological polar surface area (TPSA) is 73.8 Å². The van der Waals surface area contributed by atoms with Crippen LogP contribution in [0.3, 0.4) is 0 Å². The van der Waals surface area contributed by atoms with Gasteiger partial charge in [0.15, 0.2) is 5.96 Å². The zero-order valence-corrected chi connectivity index (χ0v) is 16.0. The molecule has 0 aromatic heterocycles. The first-order chi connectivity index (χ1) is 10.9. The summed E-state index contributed by atoms with van der Waals surface area (Å²) in [6, 6.07) is 0. The number of piperidine rings is 1. The Kier molecular flexibility index (Phi) is 8.33. The van der Waals surface area contributed by atoms with Crippen molar-refractivity contribution in [1.29, 1.82) is 0 Å². The van der Waals surface area contributed by atoms with Gasteiger partial charge >= 0.3 is 0 Å². The molecule has 0 saturated carbocycles. The molecular formula is C16H34N4O2S. The van der Waals surface area contributed by atoms with Crippen LogP contribution < -0.4 is 10.0 Å². The lowest BCUT2D eigenvalue weighted by atomic mass is 9.78. The van der Waals surface area contributed by atoms with E-state index < -0.39 is 10.0 Å². The molecule has 1 atom stereocenters. The first-order valence-electron chi connectivity index (χ1n) is 8.78. The van der Waals surface area contributed by atoms with Crippen LogP contribution in [0.2, 0.25) is 0 Å². The highest BCUT2D eigenvalue weighted by Gasteiger charge is 2.31. The van der Waals surface area contributed by atoms with E-state index in [1.807, 2.05) is 7.05 Å². The largest absolute Gasteiger partial charge is 0.356 e. The Balaban J connectivity index is 2.39. The van der Waals surface area contributed by atoms with E-state index >= 15 is 0 Å². The summed E-state index contributed by atoms with van der Waals surface area (Å²) in [7, 11) is -1.27. The number of hydrogen-bond donors (Lipinski definition) is 2. The van der Waals surface area contributed by atoms with E-state index in [1.54, 1.807) is 6.92 Å². The number of nitrogens with zero attached hydrogens (tertiary/aromatic N) is 2. The van der Waals surface area contributed by atoms with Crippen LogP contribution in [-0.2, 0) is 10.0 Å². The molecule has 1 fully saturated rings. The van der Waals surface area contributed by atoms with Gasteiger partial charge in [0.25, 0.3) is 0 Å². The standard InChI is InChI=1S/C16H34N4O2S/c1-5-9-16(3)10-7-13-20(14-16)15(17-4)18-11-8-12-19-23(21,22)6-2/h19H,5-14H2,1-4H3,(H,17,18). The molecule has 0 amide bonds. The molecule has 0 aromatic rings. The lowest BCUT2D eigenvalue weighted by molar-refractivity contribution is 0.142. The lowest BCUT2D eigenvalue weighted by Crippen LogP contribution is -2.50. The van der Waals surface area contributed by atoms with Crippen molar-refractivity contribution in [2.75, 3.05) is 39.0 Å². The molecule has 7 heteroatoms. The third-order valence-corrected chi connectivity index (χ3v) is 5.89. The van der Waals surface area contributed by atoms with Crippen LogP contribution in [0, 0.1) is 5.41 Å². The van der Waals surface area contributed by atoms with Crippen molar-refractivity contribution >= 4 is 16.0 Å². The SMILES string of the molecule is CCCC1(C)CCCN(C(=NC)NCCCNS(=O)(=O)CC)C1. The maximum atomic E-state index is 11.4. The van der Waals surface area contributed by atoms with Gasteiger partial charge in [0.1, 0.15) is 0 Å². The maximum absolute atomic E-state index is 11.4. The molecule has 2 N–H and O–H groups in total. The molecule has 23 heavy (non-hydrogen) atoms. The number of guanidine groups is 1. The fraction of sp³-hybridized carbons (Fsp3) is 0.938. The highest BCUT2D eigenvalue weighted by atomic mass is 32.2. The van der Waals surface area contributed by atoms with Crippen LogP contribution in [0.5, 0.6) is 0 Å². The molecule has 0 spiro atoms. The molecular weight excluding hydrogens is 312 g/mol. The third kappa shape index (κ3) is 7.08. The van der Waals surface area contributed by atoms with Gasteiger partial charge in [-0.15, -0.1) is 0 Å². The van der Waals surface area contributed by atoms with Crippen LogP contribution in [0.15, 0.2) is 4.99 Å². The molecule has 0 aromatic carbocycles. The second kappa shape index (κ2) is 9.47. The average molecular weight is 347 g/mol. The fourth-order valence-electron chi connectivity index (χ4n) is 3.25. The molecule has 0 bridgehead atoms. The maximum Gasteiger partial charge on any atom is 0.211 e. The Morgan fingerprint density at radius 2 is 2.04 bits per heavy atom. The summed E-state index contributed by atoms with van der Waals surface area (Å²) in [5.41, 5.74) is 0.376. The summed E-state index contributed by atoms with van der Waals surface area (Å²) in [5.74, 6) is 1.07. The van der Waals surface area contributed by atoms with E-state index in [2.05, 4.69) is 33.8 Å². The molecule has 1 unspecified atom stereocenters. The normalized spacial score (nSPS) is 23.1. The van der Waals surface area contributed by atoms with Gasteiger partial charge in [-0.2, -0.15) is 0 Å². The van der Waals surface area contributed by atoms with Crippen LogP contribution in [-0.4, -0.2) is 58.3 Å². The Morgan fingerprint density at radius 1 is 1.30 bits per heavy atom. The van der Waals surface area contributed by atoms with Crippen LogP contribution in [0.4, 0.5) is 0 Å². The van der Waals surface area contributed by atoms with Gasteiger partial charge in [0.2, 0.25) is 10.0 Å². The summed E-state index contributed by atoms with van der Waals surface area (Å²) >= 11 is 0. The number of nitrogens with one attached hydrogen (secondary N) is 2. The Bertz CT molecular complexity index is 474. The van der Waals surface area contributed by atoms with E-state index in [9.17, 15) is 8.42 Å². The van der Waals surface area contributed by atoms with Gasteiger partial charge in [-0.05, 0) is 38.0 Å². The quantitative estimate of drug-likeness (QED) is 0.399. The van der Waals surface area contributed by atoms with Gasteiger partial charge in [0, 0.05) is 33.2 Å². The second-order valence-electron chi connectivity index (χ2n) is 6.71. The minimum Gasteiger partial charge on any atom is -0.356 e. The van der Waals surface area contributed by atoms with Crippen molar-refractivity contribution in [3.63, 3.8) is 0 Å². The van der Waals surface area contributed by atoms with Crippen molar-refractivity contribution in [1.82, 2.24) is 14.9 Å². The number of sulfonamides is 1. The van der Waals surface area contributed by atoms with E-state index in [4.69, 9.17) is 0 Å². The summed E-state index contributed by atoms with van der Waals surface area (Å²) in [4.78, 5) is 6.74. The van der Waals surface area contributed by atoms with Gasteiger partial charge in [-0.3, -0.25) is 4.99 Å². The minimum atomic E-state index is -3.09. The van der Waals surface area contributed by atoms with Crippen LogP contribution in [0.25, 0.3) is 0 Å². The molecule has 136 valence electrons. The number of rotatable bonds is 8. The lowest BCUT2D eigenvalue weighted by Gasteiger charge is -2.42. The van der Waals surface area contributed by atoms with E-state index in [0.29, 0.717) is 12.0 Å². The second-order valence-corrected chi connectivity index (χ2v) is 8.81. The van der Waals surface area contributed by atoms with Gasteiger partial charge in [-0.1, -0.05) is 20.3 Å². The van der Waals surface area contributed by atoms with Crippen LogP contribution in [0.1, 0.15) is 52.9 Å². The third-order valence-electron chi connectivity index (χ3n) is 4.48. The zero-order chi connectivity index (χ0) is 17.3. The van der Waals surface area contributed by atoms with Crippen molar-refractivity contribution in [3.05, 3.63) is 0 Å². The highest BCUT2D eigenvalue weighted by molar-refractivity contribution is 7.89. The predicted molar refractivity (Wildman–Crippen MR) is 97.3 cm³/mol. The number of hydrogen-bond acceptors (Lipinski definition) is 3. The highest BCUT2D eigenvalue weighted by Crippen LogP contribution is 2.33. The summed E-state index contributed by atoms with van der Waals surface area (Å²) < 4.78 is 25.3. The molecule has 6 nitrogen and oxygen atoms in total. The Morgan fingerprint density at radius 3 is 2.65 bits per heavy atom. The number of likely N-dealkylation sites (tertiary alicyclic amines) is 1. The smallest absolute Gasteiger partial charge is 0.211 e. The van der Waals surface area contributed by atoms with E-state index in [0.717, 1.165) is 32.0 Å². The number of aliphatic imine (C=N–C) groups is 1. The summed E-state index contributed by atoms with van der Waals surface area (Å²) in [6.45, 7) is 9.54. The molecule has 0 radical (unpaired) electrons. The summed E-state index contributed by atoms with van der Waals surface area (Å²) in [6.07, 6.45) is 5.70. The first kappa shape index (κ1) is 20.2. The predicted octanol–water partition coefficient (Wildman–Crippen LogP) is 1.79. The first-order valence-corrected chi connectivity index (χ1v) is 10.4.